The number of halogens is 3. The summed E-state index contributed by atoms with van der Waals surface area (Å²) in [6, 6.07) is 5.90. The third-order valence-corrected chi connectivity index (χ3v) is 3.72. The molecule has 0 radical (unpaired) electrons. The Kier molecular flexibility index (Phi) is 5.28. The van der Waals surface area contributed by atoms with Gasteiger partial charge in [-0.1, -0.05) is 12.1 Å². The molecule has 0 aliphatic heterocycles. The average Bonchev–Trinajstić information content (AvgIpc) is 3.26. The van der Waals surface area contributed by atoms with E-state index in [1.165, 1.54) is 23.1 Å². The molecule has 1 aromatic rings. The first-order valence-electron chi connectivity index (χ1n) is 7.41. The molecule has 1 aliphatic rings. The van der Waals surface area contributed by atoms with Crippen LogP contribution in [0.1, 0.15) is 35.2 Å². The van der Waals surface area contributed by atoms with E-state index in [9.17, 15) is 22.8 Å². The zero-order valence-electron chi connectivity index (χ0n) is 12.5. The Balaban J connectivity index is 2.01. The Morgan fingerprint density at radius 3 is 2.52 bits per heavy atom. The van der Waals surface area contributed by atoms with Crippen LogP contribution in [0.5, 0.6) is 0 Å². The third kappa shape index (κ3) is 5.92. The Morgan fingerprint density at radius 1 is 1.26 bits per heavy atom. The van der Waals surface area contributed by atoms with Crippen molar-refractivity contribution in [2.45, 2.75) is 31.9 Å². The minimum absolute atomic E-state index is 0.0549. The van der Waals surface area contributed by atoms with Gasteiger partial charge in [0.15, 0.2) is 0 Å². The number of hydrogen-bond donors (Lipinski definition) is 1. The Hall–Kier alpha value is -2.05. The van der Waals surface area contributed by atoms with Crippen molar-refractivity contribution in [2.24, 2.45) is 5.92 Å². The summed E-state index contributed by atoms with van der Waals surface area (Å²) in [6.45, 7) is -0.00894. The highest BCUT2D eigenvalue weighted by Gasteiger charge is 2.31. The molecule has 1 saturated carbocycles. The van der Waals surface area contributed by atoms with Crippen LogP contribution in [0.15, 0.2) is 24.3 Å². The molecule has 0 atom stereocenters. The molecule has 0 aromatic heterocycles. The first kappa shape index (κ1) is 17.3. The smallest absolute Gasteiger partial charge is 0.390 e. The van der Waals surface area contributed by atoms with Gasteiger partial charge in [-0.05, 0) is 36.5 Å². The van der Waals surface area contributed by atoms with E-state index >= 15 is 0 Å². The fourth-order valence-electron chi connectivity index (χ4n) is 2.29. The number of amides is 1. The molecule has 0 heterocycles. The molecule has 2 rings (SSSR count). The third-order valence-electron chi connectivity index (χ3n) is 3.72. The molecular weight excluding hydrogens is 311 g/mol. The number of benzene rings is 1. The highest BCUT2D eigenvalue weighted by atomic mass is 19.4. The molecule has 23 heavy (non-hydrogen) atoms. The number of aromatic carboxylic acids is 1. The topological polar surface area (TPSA) is 57.6 Å². The van der Waals surface area contributed by atoms with Crippen molar-refractivity contribution < 1.29 is 27.9 Å². The van der Waals surface area contributed by atoms with Crippen LogP contribution in [0.2, 0.25) is 0 Å². The van der Waals surface area contributed by atoms with Gasteiger partial charge in [-0.2, -0.15) is 13.2 Å². The van der Waals surface area contributed by atoms with Gasteiger partial charge in [-0.25, -0.2) is 4.79 Å². The number of hydrogen-bond acceptors (Lipinski definition) is 2. The molecule has 0 saturated heterocycles. The lowest BCUT2D eigenvalue weighted by atomic mass is 10.1. The van der Waals surface area contributed by atoms with Crippen LogP contribution in [0, 0.1) is 5.92 Å². The molecule has 0 unspecified atom stereocenters. The number of carboxylic acid groups (broad SMARTS) is 1. The molecule has 7 heteroatoms. The zero-order chi connectivity index (χ0) is 17.0. The molecule has 1 fully saturated rings. The van der Waals surface area contributed by atoms with Crippen LogP contribution in [-0.4, -0.2) is 41.1 Å². The van der Waals surface area contributed by atoms with Gasteiger partial charge < -0.3 is 10.0 Å². The van der Waals surface area contributed by atoms with Gasteiger partial charge in [0.2, 0.25) is 5.91 Å². The summed E-state index contributed by atoms with van der Waals surface area (Å²) in [7, 11) is 0. The fraction of sp³-hybridized carbons (Fsp3) is 0.500. The first-order valence-corrected chi connectivity index (χ1v) is 7.41. The van der Waals surface area contributed by atoms with Gasteiger partial charge in [-0.15, -0.1) is 0 Å². The van der Waals surface area contributed by atoms with Crippen LogP contribution in [0.25, 0.3) is 0 Å². The lowest BCUT2D eigenvalue weighted by Crippen LogP contribution is -2.36. The second-order valence-electron chi connectivity index (χ2n) is 5.83. The van der Waals surface area contributed by atoms with Crippen molar-refractivity contribution in [2.75, 3.05) is 13.1 Å². The highest BCUT2D eigenvalue weighted by molar-refractivity contribution is 5.88. The minimum Gasteiger partial charge on any atom is -0.478 e. The summed E-state index contributed by atoms with van der Waals surface area (Å²) in [5, 5.41) is 8.93. The van der Waals surface area contributed by atoms with E-state index < -0.39 is 24.5 Å². The molecule has 1 aromatic carbocycles. The molecule has 0 spiro atoms. The second-order valence-corrected chi connectivity index (χ2v) is 5.83. The summed E-state index contributed by atoms with van der Waals surface area (Å²) < 4.78 is 37.2. The lowest BCUT2D eigenvalue weighted by Gasteiger charge is -2.23. The highest BCUT2D eigenvalue weighted by Crippen LogP contribution is 2.30. The normalized spacial score (nSPS) is 14.6. The summed E-state index contributed by atoms with van der Waals surface area (Å²) in [5.74, 6) is -1.22. The summed E-state index contributed by atoms with van der Waals surface area (Å²) in [6.07, 6.45) is -3.55. The van der Waals surface area contributed by atoms with E-state index in [4.69, 9.17) is 5.11 Å². The molecule has 126 valence electrons. The van der Waals surface area contributed by atoms with E-state index in [0.717, 1.165) is 12.8 Å². The molecular formula is C16H18F3NO3. The van der Waals surface area contributed by atoms with E-state index in [2.05, 4.69) is 0 Å². The Labute approximate surface area is 131 Å². The molecule has 0 bridgehead atoms. The number of rotatable bonds is 7. The van der Waals surface area contributed by atoms with Crippen molar-refractivity contribution in [3.63, 3.8) is 0 Å². The van der Waals surface area contributed by atoms with Gasteiger partial charge in [0.25, 0.3) is 0 Å². The maximum Gasteiger partial charge on any atom is 0.390 e. The van der Waals surface area contributed by atoms with Gasteiger partial charge in [0, 0.05) is 13.1 Å². The van der Waals surface area contributed by atoms with Crippen molar-refractivity contribution in [1.29, 1.82) is 0 Å². The van der Waals surface area contributed by atoms with E-state index in [1.54, 1.807) is 6.07 Å². The number of carbonyl (C=O) groups excluding carboxylic acids is 1. The average molecular weight is 329 g/mol. The van der Waals surface area contributed by atoms with E-state index in [-0.39, 0.29) is 24.4 Å². The van der Waals surface area contributed by atoms with Crippen molar-refractivity contribution in [3.8, 4) is 0 Å². The number of alkyl halides is 3. The molecule has 1 N–H and O–H groups in total. The van der Waals surface area contributed by atoms with Crippen LogP contribution < -0.4 is 0 Å². The first-order chi connectivity index (χ1) is 10.7. The SMILES string of the molecule is O=C(O)c1cccc(CC(=O)N(CCC(F)(F)F)CC2CC2)c1. The van der Waals surface area contributed by atoms with Gasteiger partial charge in [-0.3, -0.25) is 4.79 Å². The minimum atomic E-state index is -4.30. The van der Waals surface area contributed by atoms with E-state index in [0.29, 0.717) is 12.1 Å². The lowest BCUT2D eigenvalue weighted by molar-refractivity contribution is -0.145. The van der Waals surface area contributed by atoms with Crippen LogP contribution in [0.4, 0.5) is 13.2 Å². The van der Waals surface area contributed by atoms with Crippen LogP contribution in [-0.2, 0) is 11.2 Å². The predicted octanol–water partition coefficient (Wildman–Crippen LogP) is 3.12. The van der Waals surface area contributed by atoms with Crippen LogP contribution >= 0.6 is 0 Å². The van der Waals surface area contributed by atoms with Crippen molar-refractivity contribution in [1.82, 2.24) is 4.90 Å². The van der Waals surface area contributed by atoms with Crippen molar-refractivity contribution >= 4 is 11.9 Å². The second kappa shape index (κ2) is 7.02. The molecule has 1 aliphatic carbocycles. The summed E-state index contributed by atoms with van der Waals surface area (Å²) in [5.41, 5.74) is 0.544. The summed E-state index contributed by atoms with van der Waals surface area (Å²) in [4.78, 5) is 24.5. The number of nitrogens with zero attached hydrogens (tertiary/aromatic N) is 1. The summed E-state index contributed by atoms with van der Waals surface area (Å²) >= 11 is 0. The van der Waals surface area contributed by atoms with Gasteiger partial charge in [0.1, 0.15) is 0 Å². The van der Waals surface area contributed by atoms with Crippen molar-refractivity contribution in [3.05, 3.63) is 35.4 Å². The molecule has 4 nitrogen and oxygen atoms in total. The quantitative estimate of drug-likeness (QED) is 0.836. The van der Waals surface area contributed by atoms with E-state index in [1.807, 2.05) is 0 Å². The largest absolute Gasteiger partial charge is 0.478 e. The van der Waals surface area contributed by atoms with Crippen LogP contribution in [0.3, 0.4) is 0 Å². The fourth-order valence-corrected chi connectivity index (χ4v) is 2.29. The predicted molar refractivity (Wildman–Crippen MR) is 77.1 cm³/mol. The standard InChI is InChI=1S/C16H18F3NO3/c17-16(18,19)6-7-20(10-11-4-5-11)14(21)9-12-2-1-3-13(8-12)15(22)23/h1-3,8,11H,4-7,9-10H2,(H,22,23). The maximum atomic E-state index is 12.4. The van der Waals surface area contributed by atoms with Gasteiger partial charge >= 0.3 is 12.1 Å². The Bertz CT molecular complexity index is 582. The van der Waals surface area contributed by atoms with Gasteiger partial charge in [0.05, 0.1) is 18.4 Å². The Morgan fingerprint density at radius 2 is 1.96 bits per heavy atom. The number of carboxylic acids is 1. The number of carbonyl (C=O) groups is 2. The maximum absolute atomic E-state index is 12.4. The monoisotopic (exact) mass is 329 g/mol. The molecule has 1 amide bonds. The zero-order valence-corrected chi connectivity index (χ0v) is 12.5.